The molecule has 4 aromatic rings. The lowest BCUT2D eigenvalue weighted by Crippen LogP contribution is -2.56. The first-order chi connectivity index (χ1) is 17.1. The standard InChI is InChI=1S/C27H24ClN3O3S2/c1-17-4-11-23(18-5-8-21(28)9-6-18)24(13-17)26(32)30-22-10-7-19-15-27(29,16-20(19)14-22)31-36(33,34)25-3-2-12-35-25/h2-14,31H,15-16,29H2,1H3,(H,30,32)/t27-/m0/s1. The van der Waals surface area contributed by atoms with Gasteiger partial charge in [0, 0.05) is 29.1 Å². The molecular weight excluding hydrogens is 514 g/mol. The number of halogens is 1. The molecule has 0 saturated carbocycles. The minimum absolute atomic E-state index is 0.228. The van der Waals surface area contributed by atoms with Gasteiger partial charge in [-0.15, -0.1) is 11.3 Å². The summed E-state index contributed by atoms with van der Waals surface area (Å²) in [6.07, 6.45) is 0.677. The Morgan fingerprint density at radius 2 is 1.75 bits per heavy atom. The maximum Gasteiger partial charge on any atom is 0.256 e. The molecule has 0 radical (unpaired) electrons. The highest BCUT2D eigenvalue weighted by atomic mass is 35.5. The van der Waals surface area contributed by atoms with Crippen LogP contribution in [0.2, 0.25) is 5.02 Å². The molecule has 1 heterocycles. The maximum atomic E-state index is 13.3. The first-order valence-corrected chi connectivity index (χ1v) is 14.0. The molecule has 0 unspecified atom stereocenters. The highest BCUT2D eigenvalue weighted by molar-refractivity contribution is 7.91. The lowest BCUT2D eigenvalue weighted by molar-refractivity contribution is 0.102. The molecule has 1 amide bonds. The van der Waals surface area contributed by atoms with Crippen molar-refractivity contribution in [1.29, 1.82) is 0 Å². The molecule has 1 aliphatic carbocycles. The molecule has 0 spiro atoms. The Bertz CT molecular complexity index is 1550. The number of amides is 1. The van der Waals surface area contributed by atoms with Gasteiger partial charge in [-0.05, 0) is 71.0 Å². The van der Waals surface area contributed by atoms with Gasteiger partial charge in [-0.25, -0.2) is 8.42 Å². The van der Waals surface area contributed by atoms with Crippen LogP contribution in [0.15, 0.2) is 82.4 Å². The van der Waals surface area contributed by atoms with Crippen molar-refractivity contribution >= 4 is 44.6 Å². The largest absolute Gasteiger partial charge is 0.322 e. The van der Waals surface area contributed by atoms with Crippen LogP contribution in [0.25, 0.3) is 11.1 Å². The zero-order valence-corrected chi connectivity index (χ0v) is 21.8. The van der Waals surface area contributed by atoms with Gasteiger partial charge >= 0.3 is 0 Å². The number of anilines is 1. The lowest BCUT2D eigenvalue weighted by atomic mass is 9.97. The van der Waals surface area contributed by atoms with E-state index >= 15 is 0 Å². The smallest absolute Gasteiger partial charge is 0.256 e. The molecule has 184 valence electrons. The fourth-order valence-corrected chi connectivity index (χ4v) is 6.93. The van der Waals surface area contributed by atoms with Crippen LogP contribution < -0.4 is 15.8 Å². The Morgan fingerprint density at radius 3 is 2.47 bits per heavy atom. The van der Waals surface area contributed by atoms with Gasteiger partial charge in [-0.2, -0.15) is 4.72 Å². The normalized spacial score (nSPS) is 17.1. The number of fused-ring (bicyclic) bond motifs is 1. The van der Waals surface area contributed by atoms with Crippen molar-refractivity contribution in [3.8, 4) is 11.1 Å². The Balaban J connectivity index is 1.36. The third kappa shape index (κ3) is 5.09. The summed E-state index contributed by atoms with van der Waals surface area (Å²) in [7, 11) is -3.71. The zero-order valence-electron chi connectivity index (χ0n) is 19.4. The van der Waals surface area contributed by atoms with Crippen LogP contribution >= 0.6 is 22.9 Å². The summed E-state index contributed by atoms with van der Waals surface area (Å²) in [5, 5.41) is 5.33. The summed E-state index contributed by atoms with van der Waals surface area (Å²) in [6.45, 7) is 1.94. The van der Waals surface area contributed by atoms with Gasteiger partial charge in [0.15, 0.2) is 0 Å². The number of sulfonamides is 1. The van der Waals surface area contributed by atoms with Gasteiger partial charge in [-0.3, -0.25) is 4.79 Å². The molecule has 1 atom stereocenters. The van der Waals surface area contributed by atoms with Gasteiger partial charge in [0.2, 0.25) is 0 Å². The summed E-state index contributed by atoms with van der Waals surface area (Å²) in [5.74, 6) is -0.237. The summed E-state index contributed by atoms with van der Waals surface area (Å²) in [4.78, 5) is 13.3. The number of nitrogens with two attached hydrogens (primary N) is 1. The number of hydrogen-bond donors (Lipinski definition) is 3. The van der Waals surface area contributed by atoms with Crippen LogP contribution in [0.5, 0.6) is 0 Å². The second-order valence-corrected chi connectivity index (χ2v) is 12.3. The van der Waals surface area contributed by atoms with Crippen molar-refractivity contribution < 1.29 is 13.2 Å². The molecule has 0 fully saturated rings. The van der Waals surface area contributed by atoms with Crippen LogP contribution in [0.1, 0.15) is 27.0 Å². The Hall–Kier alpha value is -3.01. The van der Waals surface area contributed by atoms with Crippen molar-refractivity contribution in [3.05, 3.63) is 105 Å². The van der Waals surface area contributed by atoms with Crippen LogP contribution in [-0.4, -0.2) is 20.0 Å². The first-order valence-electron chi connectivity index (χ1n) is 11.3. The SMILES string of the molecule is Cc1ccc(-c2ccc(Cl)cc2)c(C(=O)Nc2ccc3c(c2)C[C@@](N)(NS(=O)(=O)c2cccs2)C3)c1. The van der Waals surface area contributed by atoms with Gasteiger partial charge in [0.1, 0.15) is 4.21 Å². The van der Waals surface area contributed by atoms with E-state index in [1.165, 1.54) is 0 Å². The van der Waals surface area contributed by atoms with E-state index < -0.39 is 15.7 Å². The number of carbonyl (C=O) groups excluding carboxylic acids is 1. The van der Waals surface area contributed by atoms with Crippen molar-refractivity contribution in [1.82, 2.24) is 4.72 Å². The predicted octanol–water partition coefficient (Wildman–Crippen LogP) is 5.36. The average molecular weight is 538 g/mol. The molecule has 4 N–H and O–H groups in total. The minimum atomic E-state index is -3.71. The third-order valence-electron chi connectivity index (χ3n) is 6.15. The second-order valence-electron chi connectivity index (χ2n) is 9.04. The highest BCUT2D eigenvalue weighted by Crippen LogP contribution is 2.32. The van der Waals surface area contributed by atoms with E-state index in [2.05, 4.69) is 10.0 Å². The van der Waals surface area contributed by atoms with Gasteiger partial charge in [-0.1, -0.05) is 53.6 Å². The summed E-state index contributed by atoms with van der Waals surface area (Å²) in [5.41, 5.74) is 11.0. The van der Waals surface area contributed by atoms with E-state index in [0.717, 1.165) is 39.2 Å². The molecule has 9 heteroatoms. The summed E-state index contributed by atoms with van der Waals surface area (Å²) in [6, 6.07) is 21.9. The molecule has 0 bridgehead atoms. The van der Waals surface area contributed by atoms with E-state index in [1.54, 1.807) is 29.6 Å². The summed E-state index contributed by atoms with van der Waals surface area (Å²) >= 11 is 7.18. The number of aryl methyl sites for hydroxylation is 1. The number of thiophene rings is 1. The molecule has 1 aliphatic rings. The maximum absolute atomic E-state index is 13.3. The van der Waals surface area contributed by atoms with E-state index in [9.17, 15) is 13.2 Å². The molecular formula is C27H24ClN3O3S2. The number of nitrogens with one attached hydrogen (secondary N) is 2. The Morgan fingerprint density at radius 1 is 1.00 bits per heavy atom. The molecule has 3 aromatic carbocycles. The zero-order chi connectivity index (χ0) is 25.5. The Kier molecular flexibility index (Phi) is 6.48. The average Bonchev–Trinajstić information content (AvgIpc) is 3.47. The molecule has 5 rings (SSSR count). The fourth-order valence-electron chi connectivity index (χ4n) is 4.51. The quantitative estimate of drug-likeness (QED) is 0.288. The van der Waals surface area contributed by atoms with Crippen molar-refractivity contribution in [2.24, 2.45) is 5.73 Å². The lowest BCUT2D eigenvalue weighted by Gasteiger charge is -2.24. The number of benzene rings is 3. The highest BCUT2D eigenvalue weighted by Gasteiger charge is 2.38. The van der Waals surface area contributed by atoms with Crippen LogP contribution in [-0.2, 0) is 22.9 Å². The first kappa shape index (κ1) is 24.7. The minimum Gasteiger partial charge on any atom is -0.322 e. The molecule has 0 saturated heterocycles. The van der Waals surface area contributed by atoms with E-state index in [0.29, 0.717) is 29.1 Å². The topological polar surface area (TPSA) is 101 Å². The number of rotatable bonds is 6. The van der Waals surface area contributed by atoms with Gasteiger partial charge in [0.25, 0.3) is 15.9 Å². The predicted molar refractivity (Wildman–Crippen MR) is 145 cm³/mol. The molecule has 1 aromatic heterocycles. The molecule has 36 heavy (non-hydrogen) atoms. The van der Waals surface area contributed by atoms with Gasteiger partial charge in [0.05, 0.1) is 5.66 Å². The fraction of sp³-hybridized carbons (Fsp3) is 0.148. The second kappa shape index (κ2) is 9.46. The van der Waals surface area contributed by atoms with Crippen molar-refractivity contribution in [2.75, 3.05) is 5.32 Å². The number of carbonyl (C=O) groups is 1. The van der Waals surface area contributed by atoms with Crippen LogP contribution in [0.4, 0.5) is 5.69 Å². The van der Waals surface area contributed by atoms with Crippen LogP contribution in [0, 0.1) is 6.92 Å². The monoisotopic (exact) mass is 537 g/mol. The van der Waals surface area contributed by atoms with E-state index in [-0.39, 0.29) is 10.1 Å². The van der Waals surface area contributed by atoms with Gasteiger partial charge < -0.3 is 11.1 Å². The third-order valence-corrected chi connectivity index (χ3v) is 9.35. The van der Waals surface area contributed by atoms with Crippen molar-refractivity contribution in [2.45, 2.75) is 29.6 Å². The summed E-state index contributed by atoms with van der Waals surface area (Å²) < 4.78 is 28.3. The molecule has 6 nitrogen and oxygen atoms in total. The van der Waals surface area contributed by atoms with Crippen molar-refractivity contribution in [3.63, 3.8) is 0 Å². The number of hydrogen-bond acceptors (Lipinski definition) is 5. The Labute approximate surface area is 219 Å². The van der Waals surface area contributed by atoms with Crippen LogP contribution in [0.3, 0.4) is 0 Å². The van der Waals surface area contributed by atoms with E-state index in [4.69, 9.17) is 17.3 Å². The van der Waals surface area contributed by atoms with E-state index in [1.807, 2.05) is 55.5 Å². The molecule has 0 aliphatic heterocycles.